The number of amides is 2. The Balaban J connectivity index is 1.64. The minimum atomic E-state index is -0.113. The van der Waals surface area contributed by atoms with E-state index in [1.54, 1.807) is 0 Å². The summed E-state index contributed by atoms with van der Waals surface area (Å²) in [5.74, 6) is 1.02. The maximum Gasteiger partial charge on any atom is 0.270 e. The summed E-state index contributed by atoms with van der Waals surface area (Å²) in [5, 5.41) is 3.89. The predicted octanol–water partition coefficient (Wildman–Crippen LogP) is -0.162. The highest BCUT2D eigenvalue weighted by Gasteiger charge is 2.39. The van der Waals surface area contributed by atoms with Gasteiger partial charge in [-0.1, -0.05) is 0 Å². The van der Waals surface area contributed by atoms with Crippen molar-refractivity contribution in [1.29, 1.82) is 0 Å². The summed E-state index contributed by atoms with van der Waals surface area (Å²) in [6.07, 6.45) is 4.03. The zero-order valence-electron chi connectivity index (χ0n) is 11.0. The summed E-state index contributed by atoms with van der Waals surface area (Å²) in [4.78, 5) is 25.3. The molecule has 0 aromatic rings. The monoisotopic (exact) mass is 264 g/mol. The van der Waals surface area contributed by atoms with Crippen molar-refractivity contribution in [3.05, 3.63) is 0 Å². The largest absolute Gasteiger partial charge is 0.337 e. The van der Waals surface area contributed by atoms with Crippen molar-refractivity contribution in [3.63, 3.8) is 0 Å². The number of likely N-dealkylation sites (tertiary alicyclic amines) is 1. The average Bonchev–Trinajstić information content (AvgIpc) is 2.81. The first-order valence-corrected chi connectivity index (χ1v) is 7.03. The SMILES string of the molecule is NC1CC[C@@H]2CN(C(=O)C3=NNC(=O)CC3)C[C@@H]2C1. The van der Waals surface area contributed by atoms with Crippen LogP contribution in [0.2, 0.25) is 0 Å². The normalized spacial score (nSPS) is 34.6. The summed E-state index contributed by atoms with van der Waals surface area (Å²) < 4.78 is 0. The molecule has 1 unspecified atom stereocenters. The molecule has 2 aliphatic heterocycles. The molecule has 2 heterocycles. The number of hydrogen-bond donors (Lipinski definition) is 2. The lowest BCUT2D eigenvalue weighted by Gasteiger charge is -2.27. The van der Waals surface area contributed by atoms with Crippen LogP contribution in [0.15, 0.2) is 5.10 Å². The number of carbonyl (C=O) groups excluding carboxylic acids is 2. The number of nitrogens with one attached hydrogen (secondary N) is 1. The lowest BCUT2D eigenvalue weighted by molar-refractivity contribution is -0.124. The van der Waals surface area contributed by atoms with E-state index in [9.17, 15) is 9.59 Å². The molecule has 3 rings (SSSR count). The summed E-state index contributed by atoms with van der Waals surface area (Å²) in [7, 11) is 0. The molecule has 1 saturated heterocycles. The maximum absolute atomic E-state index is 12.3. The van der Waals surface area contributed by atoms with E-state index in [4.69, 9.17) is 5.73 Å². The Kier molecular flexibility index (Phi) is 3.26. The Morgan fingerprint density at radius 2 is 2.05 bits per heavy atom. The van der Waals surface area contributed by atoms with Crippen LogP contribution >= 0.6 is 0 Å². The van der Waals surface area contributed by atoms with E-state index in [0.717, 1.165) is 32.4 Å². The third-order valence-electron chi connectivity index (χ3n) is 4.53. The summed E-state index contributed by atoms with van der Waals surface area (Å²) in [6.45, 7) is 1.62. The van der Waals surface area contributed by atoms with Crippen molar-refractivity contribution >= 4 is 17.5 Å². The van der Waals surface area contributed by atoms with Gasteiger partial charge in [-0.25, -0.2) is 5.43 Å². The topological polar surface area (TPSA) is 87.8 Å². The van der Waals surface area contributed by atoms with Crippen LogP contribution in [0.4, 0.5) is 0 Å². The maximum atomic E-state index is 12.3. The van der Waals surface area contributed by atoms with Crippen molar-refractivity contribution < 1.29 is 9.59 Å². The predicted molar refractivity (Wildman–Crippen MR) is 70.2 cm³/mol. The molecule has 6 heteroatoms. The van der Waals surface area contributed by atoms with Gasteiger partial charge in [0.15, 0.2) is 0 Å². The number of nitrogens with two attached hydrogens (primary N) is 1. The molecule has 6 nitrogen and oxygen atoms in total. The fraction of sp³-hybridized carbons (Fsp3) is 0.769. The molecule has 2 fully saturated rings. The van der Waals surface area contributed by atoms with Crippen LogP contribution in [0.1, 0.15) is 32.1 Å². The third kappa shape index (κ3) is 2.49. The van der Waals surface area contributed by atoms with Gasteiger partial charge >= 0.3 is 0 Å². The van der Waals surface area contributed by atoms with E-state index in [-0.39, 0.29) is 11.8 Å². The van der Waals surface area contributed by atoms with Gasteiger partial charge in [0.05, 0.1) is 0 Å². The van der Waals surface area contributed by atoms with Gasteiger partial charge in [-0.3, -0.25) is 9.59 Å². The first-order chi connectivity index (χ1) is 9.13. The number of fused-ring (bicyclic) bond motifs is 1. The van der Waals surface area contributed by atoms with E-state index in [0.29, 0.717) is 36.4 Å². The summed E-state index contributed by atoms with van der Waals surface area (Å²) in [5.41, 5.74) is 8.87. The van der Waals surface area contributed by atoms with Crippen LogP contribution in [0.25, 0.3) is 0 Å². The second-order valence-electron chi connectivity index (χ2n) is 5.90. The highest BCUT2D eigenvalue weighted by molar-refractivity contribution is 6.39. The zero-order chi connectivity index (χ0) is 13.4. The van der Waals surface area contributed by atoms with Crippen LogP contribution in [0.3, 0.4) is 0 Å². The molecule has 1 saturated carbocycles. The van der Waals surface area contributed by atoms with Crippen molar-refractivity contribution in [2.45, 2.75) is 38.1 Å². The molecule has 3 atom stereocenters. The van der Waals surface area contributed by atoms with Gasteiger partial charge in [-0.2, -0.15) is 5.10 Å². The number of carbonyl (C=O) groups is 2. The van der Waals surface area contributed by atoms with E-state index in [1.165, 1.54) is 0 Å². The molecular formula is C13H20N4O2. The Morgan fingerprint density at radius 3 is 2.79 bits per heavy atom. The molecule has 0 aromatic carbocycles. The number of nitrogens with zero attached hydrogens (tertiary/aromatic N) is 2. The average molecular weight is 264 g/mol. The minimum absolute atomic E-state index is 0.0111. The molecule has 104 valence electrons. The second kappa shape index (κ2) is 4.92. The fourth-order valence-corrected chi connectivity index (χ4v) is 3.44. The smallest absolute Gasteiger partial charge is 0.270 e. The van der Waals surface area contributed by atoms with Crippen molar-refractivity contribution in [3.8, 4) is 0 Å². The third-order valence-corrected chi connectivity index (χ3v) is 4.53. The van der Waals surface area contributed by atoms with E-state index >= 15 is 0 Å². The standard InChI is InChI=1S/C13H20N4O2/c14-10-2-1-8-6-17(7-9(8)5-10)13(19)11-3-4-12(18)16-15-11/h8-10H,1-7,14H2,(H,16,18)/t8-,9+,10?/m1/s1. The molecule has 3 N–H and O–H groups in total. The highest BCUT2D eigenvalue weighted by atomic mass is 16.2. The van der Waals surface area contributed by atoms with Gasteiger partial charge in [0.25, 0.3) is 5.91 Å². The van der Waals surface area contributed by atoms with Gasteiger partial charge in [0.2, 0.25) is 5.91 Å². The molecule has 0 radical (unpaired) electrons. The minimum Gasteiger partial charge on any atom is -0.337 e. The number of hydrazone groups is 1. The van der Waals surface area contributed by atoms with Crippen LogP contribution in [-0.4, -0.2) is 41.6 Å². The molecule has 19 heavy (non-hydrogen) atoms. The van der Waals surface area contributed by atoms with Crippen molar-refractivity contribution in [1.82, 2.24) is 10.3 Å². The van der Waals surface area contributed by atoms with Crippen LogP contribution in [0.5, 0.6) is 0 Å². The molecule has 2 amide bonds. The Labute approximate surface area is 112 Å². The second-order valence-corrected chi connectivity index (χ2v) is 5.90. The Morgan fingerprint density at radius 1 is 1.26 bits per heavy atom. The lowest BCUT2D eigenvalue weighted by Crippen LogP contribution is -2.39. The van der Waals surface area contributed by atoms with Gasteiger partial charge < -0.3 is 10.6 Å². The van der Waals surface area contributed by atoms with Crippen LogP contribution < -0.4 is 11.2 Å². The summed E-state index contributed by atoms with van der Waals surface area (Å²) >= 11 is 0. The molecular weight excluding hydrogens is 244 g/mol. The van der Waals surface area contributed by atoms with Crippen molar-refractivity contribution in [2.24, 2.45) is 22.7 Å². The highest BCUT2D eigenvalue weighted by Crippen LogP contribution is 2.35. The van der Waals surface area contributed by atoms with Crippen LogP contribution in [0, 0.1) is 11.8 Å². The lowest BCUT2D eigenvalue weighted by atomic mass is 9.79. The first kappa shape index (κ1) is 12.6. The number of rotatable bonds is 1. The molecule has 3 aliphatic rings. The molecule has 0 bridgehead atoms. The van der Waals surface area contributed by atoms with E-state index in [2.05, 4.69) is 10.5 Å². The Bertz CT molecular complexity index is 434. The van der Waals surface area contributed by atoms with Gasteiger partial charge in [0.1, 0.15) is 5.71 Å². The van der Waals surface area contributed by atoms with Gasteiger partial charge in [0, 0.05) is 32.0 Å². The number of hydrogen-bond acceptors (Lipinski definition) is 4. The van der Waals surface area contributed by atoms with E-state index < -0.39 is 0 Å². The van der Waals surface area contributed by atoms with E-state index in [1.807, 2.05) is 4.90 Å². The fourth-order valence-electron chi connectivity index (χ4n) is 3.44. The zero-order valence-corrected chi connectivity index (χ0v) is 11.0. The summed E-state index contributed by atoms with van der Waals surface area (Å²) in [6, 6.07) is 0.294. The molecule has 1 aliphatic carbocycles. The van der Waals surface area contributed by atoms with Gasteiger partial charge in [-0.05, 0) is 31.1 Å². The van der Waals surface area contributed by atoms with Crippen molar-refractivity contribution in [2.75, 3.05) is 13.1 Å². The molecule has 0 aromatic heterocycles. The quantitative estimate of drug-likeness (QED) is 0.689. The first-order valence-electron chi connectivity index (χ1n) is 7.03. The van der Waals surface area contributed by atoms with Crippen LogP contribution in [-0.2, 0) is 9.59 Å². The Hall–Kier alpha value is -1.43. The molecule has 0 spiro atoms. The van der Waals surface area contributed by atoms with Gasteiger partial charge in [-0.15, -0.1) is 0 Å².